The summed E-state index contributed by atoms with van der Waals surface area (Å²) in [5.74, 6) is -0.309. The molecule has 0 bridgehead atoms. The number of nitrogens with one attached hydrogen (secondary N) is 1. The summed E-state index contributed by atoms with van der Waals surface area (Å²) in [4.78, 5) is 20.7. The normalized spacial score (nSPS) is 16.0. The Kier molecular flexibility index (Phi) is 5.37. The topological polar surface area (TPSA) is 65.1 Å². The predicted molar refractivity (Wildman–Crippen MR) is 87.9 cm³/mol. The van der Waals surface area contributed by atoms with Crippen molar-refractivity contribution < 1.29 is 13.6 Å². The molecule has 0 saturated carbocycles. The van der Waals surface area contributed by atoms with Crippen molar-refractivity contribution in [2.45, 2.75) is 26.3 Å². The van der Waals surface area contributed by atoms with Gasteiger partial charge in [0.1, 0.15) is 23.3 Å². The minimum Gasteiger partial charge on any atom is -0.337 e. The van der Waals surface area contributed by atoms with Gasteiger partial charge in [-0.15, -0.1) is 0 Å². The number of hydrogen-bond donors (Lipinski definition) is 1. The van der Waals surface area contributed by atoms with Gasteiger partial charge in [-0.1, -0.05) is 6.92 Å². The quantitative estimate of drug-likeness (QED) is 0.917. The van der Waals surface area contributed by atoms with Gasteiger partial charge in [0, 0.05) is 38.7 Å². The van der Waals surface area contributed by atoms with Crippen LogP contribution in [-0.2, 0) is 13.0 Å². The van der Waals surface area contributed by atoms with Crippen LogP contribution < -0.4 is 0 Å². The van der Waals surface area contributed by atoms with Gasteiger partial charge >= 0.3 is 0 Å². The van der Waals surface area contributed by atoms with Crippen LogP contribution in [0.3, 0.4) is 0 Å². The van der Waals surface area contributed by atoms with E-state index >= 15 is 0 Å². The van der Waals surface area contributed by atoms with Crippen molar-refractivity contribution in [2.24, 2.45) is 0 Å². The number of carbonyl (C=O) groups is 1. The number of amides is 1. The minimum absolute atomic E-state index is 0.0855. The summed E-state index contributed by atoms with van der Waals surface area (Å²) in [6.07, 6.45) is 1.56. The van der Waals surface area contributed by atoms with Crippen molar-refractivity contribution in [3.05, 3.63) is 47.0 Å². The summed E-state index contributed by atoms with van der Waals surface area (Å²) in [5.41, 5.74) is -0.0855. The smallest absolute Gasteiger partial charge is 0.256 e. The third-order valence-electron chi connectivity index (χ3n) is 4.30. The first-order valence-electron chi connectivity index (χ1n) is 8.43. The molecule has 1 aliphatic rings. The Hall–Kier alpha value is -2.35. The highest BCUT2D eigenvalue weighted by Crippen LogP contribution is 2.15. The number of halogens is 2. The Morgan fingerprint density at radius 2 is 2.08 bits per heavy atom. The second kappa shape index (κ2) is 7.69. The predicted octanol–water partition coefficient (Wildman–Crippen LogP) is 1.99. The Balaban J connectivity index is 1.61. The lowest BCUT2D eigenvalue weighted by Gasteiger charge is -2.21. The number of aromatic nitrogens is 3. The molecule has 25 heavy (non-hydrogen) atoms. The van der Waals surface area contributed by atoms with Gasteiger partial charge in [-0.25, -0.2) is 13.8 Å². The number of hydrogen-bond acceptors (Lipinski definition) is 4. The molecule has 1 N–H and O–H groups in total. The average Bonchev–Trinajstić information content (AvgIpc) is 2.91. The van der Waals surface area contributed by atoms with Gasteiger partial charge < -0.3 is 4.90 Å². The van der Waals surface area contributed by atoms with E-state index in [0.29, 0.717) is 26.2 Å². The molecule has 6 nitrogen and oxygen atoms in total. The van der Waals surface area contributed by atoms with E-state index in [1.165, 1.54) is 6.07 Å². The van der Waals surface area contributed by atoms with Crippen LogP contribution in [0.5, 0.6) is 0 Å². The largest absolute Gasteiger partial charge is 0.337 e. The zero-order valence-electron chi connectivity index (χ0n) is 14.1. The van der Waals surface area contributed by atoms with Gasteiger partial charge in [0.25, 0.3) is 5.91 Å². The maximum absolute atomic E-state index is 13.8. The average molecular weight is 349 g/mol. The highest BCUT2D eigenvalue weighted by molar-refractivity contribution is 5.94. The van der Waals surface area contributed by atoms with E-state index in [1.54, 1.807) is 4.90 Å². The number of H-pyrrole nitrogens is 1. The molecule has 0 atom stereocenters. The fourth-order valence-electron chi connectivity index (χ4n) is 2.94. The molecule has 0 spiro atoms. The molecule has 1 aromatic carbocycles. The van der Waals surface area contributed by atoms with Gasteiger partial charge in [-0.2, -0.15) is 5.10 Å². The van der Waals surface area contributed by atoms with E-state index in [9.17, 15) is 13.6 Å². The minimum atomic E-state index is -0.820. The molecule has 1 amide bonds. The van der Waals surface area contributed by atoms with Crippen molar-refractivity contribution in [3.8, 4) is 0 Å². The van der Waals surface area contributed by atoms with Crippen LogP contribution >= 0.6 is 0 Å². The molecule has 1 saturated heterocycles. The molecule has 0 radical (unpaired) electrons. The molecular formula is C17H21F2N5O. The zero-order chi connectivity index (χ0) is 17.8. The lowest BCUT2D eigenvalue weighted by molar-refractivity contribution is 0.0756. The molecule has 1 fully saturated rings. The van der Waals surface area contributed by atoms with Crippen molar-refractivity contribution in [3.63, 3.8) is 0 Å². The van der Waals surface area contributed by atoms with Crippen molar-refractivity contribution in [1.82, 2.24) is 25.0 Å². The van der Waals surface area contributed by atoms with E-state index < -0.39 is 17.5 Å². The van der Waals surface area contributed by atoms with Crippen LogP contribution in [0.1, 0.15) is 35.4 Å². The fraction of sp³-hybridized carbons (Fsp3) is 0.471. The standard InChI is InChI=1S/C17H21F2N5O/c1-2-15-20-16(22-21-15)11-23-6-3-7-24(9-8-23)17(25)13-5-4-12(18)10-14(13)19/h4-5,10H,2-3,6-9,11H2,1H3,(H,20,21,22). The number of aromatic amines is 1. The molecule has 1 aliphatic heterocycles. The maximum Gasteiger partial charge on any atom is 0.256 e. The second-order valence-electron chi connectivity index (χ2n) is 6.10. The third kappa shape index (κ3) is 4.19. The van der Waals surface area contributed by atoms with Crippen molar-refractivity contribution in [2.75, 3.05) is 26.2 Å². The molecule has 3 rings (SSSR count). The highest BCUT2D eigenvalue weighted by Gasteiger charge is 2.23. The summed E-state index contributed by atoms with van der Waals surface area (Å²) < 4.78 is 26.9. The number of benzene rings is 1. The number of rotatable bonds is 4. The van der Waals surface area contributed by atoms with Crippen LogP contribution in [0.4, 0.5) is 8.78 Å². The summed E-state index contributed by atoms with van der Waals surface area (Å²) >= 11 is 0. The Labute approximate surface area is 144 Å². The van der Waals surface area contributed by atoms with Gasteiger partial charge in [0.15, 0.2) is 0 Å². The van der Waals surface area contributed by atoms with E-state index in [0.717, 1.165) is 43.2 Å². The first kappa shape index (κ1) is 17.5. The Bertz CT molecular complexity index is 748. The monoisotopic (exact) mass is 349 g/mol. The van der Waals surface area contributed by atoms with E-state index in [2.05, 4.69) is 20.1 Å². The third-order valence-corrected chi connectivity index (χ3v) is 4.30. The lowest BCUT2D eigenvalue weighted by atomic mass is 10.1. The van der Waals surface area contributed by atoms with Crippen LogP contribution in [-0.4, -0.2) is 57.1 Å². The van der Waals surface area contributed by atoms with Gasteiger partial charge in [0.2, 0.25) is 0 Å². The molecule has 2 aromatic rings. The van der Waals surface area contributed by atoms with Crippen LogP contribution in [0.15, 0.2) is 18.2 Å². The van der Waals surface area contributed by atoms with Crippen LogP contribution in [0.2, 0.25) is 0 Å². The number of carbonyl (C=O) groups excluding carboxylic acids is 1. The lowest BCUT2D eigenvalue weighted by Crippen LogP contribution is -2.35. The first-order chi connectivity index (χ1) is 12.1. The summed E-state index contributed by atoms with van der Waals surface area (Å²) in [5, 5.41) is 7.05. The first-order valence-corrected chi connectivity index (χ1v) is 8.43. The van der Waals surface area contributed by atoms with Gasteiger partial charge in [0.05, 0.1) is 12.1 Å². The molecule has 8 heteroatoms. The van der Waals surface area contributed by atoms with Crippen LogP contribution in [0.25, 0.3) is 0 Å². The molecule has 134 valence electrons. The second-order valence-corrected chi connectivity index (χ2v) is 6.10. The maximum atomic E-state index is 13.8. The molecule has 2 heterocycles. The summed E-state index contributed by atoms with van der Waals surface area (Å²) in [6, 6.07) is 3.05. The Morgan fingerprint density at radius 1 is 1.24 bits per heavy atom. The molecule has 0 unspecified atom stereocenters. The van der Waals surface area contributed by atoms with E-state index in [-0.39, 0.29) is 5.56 Å². The van der Waals surface area contributed by atoms with Crippen molar-refractivity contribution >= 4 is 5.91 Å². The number of nitrogens with zero attached hydrogens (tertiary/aromatic N) is 4. The SMILES string of the molecule is CCc1n[nH]c(CN2CCCN(C(=O)c3ccc(F)cc3F)CC2)n1. The highest BCUT2D eigenvalue weighted by atomic mass is 19.1. The van der Waals surface area contributed by atoms with Gasteiger partial charge in [-0.05, 0) is 18.6 Å². The van der Waals surface area contributed by atoms with Crippen LogP contribution in [0, 0.1) is 11.6 Å². The van der Waals surface area contributed by atoms with Crippen molar-refractivity contribution in [1.29, 1.82) is 0 Å². The molecule has 1 aromatic heterocycles. The van der Waals surface area contributed by atoms with Gasteiger partial charge in [-0.3, -0.25) is 14.8 Å². The summed E-state index contributed by atoms with van der Waals surface area (Å²) in [6.45, 7) is 5.15. The zero-order valence-corrected chi connectivity index (χ0v) is 14.1. The molecular weight excluding hydrogens is 328 g/mol. The molecule has 0 aliphatic carbocycles. The van der Waals surface area contributed by atoms with E-state index in [4.69, 9.17) is 0 Å². The summed E-state index contributed by atoms with van der Waals surface area (Å²) in [7, 11) is 0. The van der Waals surface area contributed by atoms with E-state index in [1.807, 2.05) is 6.92 Å². The fourth-order valence-corrected chi connectivity index (χ4v) is 2.94. The number of aryl methyl sites for hydroxylation is 1. The Morgan fingerprint density at radius 3 is 2.80 bits per heavy atom.